The van der Waals surface area contributed by atoms with Gasteiger partial charge in [0.1, 0.15) is 0 Å². The van der Waals surface area contributed by atoms with E-state index in [1.54, 1.807) is 33.5 Å². The number of methoxy groups -OCH3 is 3. The Morgan fingerprint density at radius 3 is 2.21 bits per heavy atom. The highest BCUT2D eigenvalue weighted by Crippen LogP contribution is 2.39. The number of para-hydroxylation sites is 1. The van der Waals surface area contributed by atoms with E-state index in [-0.39, 0.29) is 12.4 Å². The maximum absolute atomic E-state index is 6.32. The lowest BCUT2D eigenvalue weighted by atomic mass is 10.2. The maximum atomic E-state index is 6.32. The van der Waals surface area contributed by atoms with Crippen molar-refractivity contribution in [1.29, 1.82) is 0 Å². The fraction of sp³-hybridized carbons (Fsp3) is 0.435. The molecule has 0 atom stereocenters. The molecule has 1 N–H and O–H groups in total. The second-order valence-corrected chi connectivity index (χ2v) is 8.09. The largest absolute Gasteiger partial charge is 0.493 e. The third kappa shape index (κ3) is 7.43. The van der Waals surface area contributed by atoms with Crippen LogP contribution in [-0.2, 0) is 4.74 Å². The van der Waals surface area contributed by atoms with Gasteiger partial charge in [-0.25, -0.2) is 0 Å². The van der Waals surface area contributed by atoms with Crippen molar-refractivity contribution >= 4 is 52.8 Å². The summed E-state index contributed by atoms with van der Waals surface area (Å²) in [5, 5.41) is 4.19. The normalized spacial score (nSPS) is 13.6. The van der Waals surface area contributed by atoms with Crippen LogP contribution in [0.3, 0.4) is 0 Å². The van der Waals surface area contributed by atoms with Crippen molar-refractivity contribution in [3.8, 4) is 17.2 Å². The van der Waals surface area contributed by atoms with Crippen molar-refractivity contribution in [2.24, 2.45) is 0 Å². The van der Waals surface area contributed by atoms with Gasteiger partial charge in [0.05, 0.1) is 38.6 Å². The number of piperazine rings is 1. The van der Waals surface area contributed by atoms with Crippen LogP contribution in [0.5, 0.6) is 17.2 Å². The molecule has 1 saturated heterocycles. The molecule has 7 nitrogen and oxygen atoms in total. The lowest BCUT2D eigenvalue weighted by molar-refractivity contribution is 0.222. The second kappa shape index (κ2) is 13.5. The molecule has 0 saturated carbocycles. The van der Waals surface area contributed by atoms with Crippen LogP contribution in [0.25, 0.3) is 0 Å². The molecule has 1 heterocycles. The smallest absolute Gasteiger partial charge is 0.261 e. The van der Waals surface area contributed by atoms with E-state index in [0.29, 0.717) is 34.7 Å². The van der Waals surface area contributed by atoms with E-state index >= 15 is 0 Å². The highest BCUT2D eigenvalue weighted by molar-refractivity contribution is 7.80. The van der Waals surface area contributed by atoms with Crippen molar-refractivity contribution in [3.63, 3.8) is 0 Å². The van der Waals surface area contributed by atoms with Crippen LogP contribution >= 0.6 is 36.2 Å². The highest BCUT2D eigenvalue weighted by atomic mass is 35.5. The molecule has 0 spiro atoms. The van der Waals surface area contributed by atoms with Crippen molar-refractivity contribution in [2.45, 2.75) is 6.42 Å². The standard InChI is InChI=1S/C23H30ClN3O4S.ClH/c1-28-20-15-17(16-21(29-2)22(20)30-3)25-23(32)31-14-6-9-26-10-12-27(13-11-26)19-8-5-4-7-18(19)24;/h4-5,7-8,15-16H,6,9-14H2,1-3H3,(H,25,32);1H. The zero-order chi connectivity index (χ0) is 22.9. The third-order valence-electron chi connectivity index (χ3n) is 5.33. The predicted molar refractivity (Wildman–Crippen MR) is 140 cm³/mol. The Labute approximate surface area is 212 Å². The fourth-order valence-corrected chi connectivity index (χ4v) is 4.14. The predicted octanol–water partition coefficient (Wildman–Crippen LogP) is 4.71. The van der Waals surface area contributed by atoms with E-state index in [1.807, 2.05) is 18.2 Å². The molecular weight excluding hydrogens is 485 g/mol. The number of ether oxygens (including phenoxy) is 4. The lowest BCUT2D eigenvalue weighted by Crippen LogP contribution is -2.46. The van der Waals surface area contributed by atoms with E-state index in [1.165, 1.54) is 0 Å². The van der Waals surface area contributed by atoms with Crippen LogP contribution in [-0.4, -0.2) is 70.7 Å². The number of hydrogen-bond acceptors (Lipinski definition) is 7. The van der Waals surface area contributed by atoms with Gasteiger partial charge in [0.2, 0.25) is 5.75 Å². The second-order valence-electron chi connectivity index (χ2n) is 7.31. The first-order valence-electron chi connectivity index (χ1n) is 10.5. The molecule has 10 heteroatoms. The number of anilines is 2. The number of thiocarbonyl (C=S) groups is 1. The average molecular weight is 516 g/mol. The summed E-state index contributed by atoms with van der Waals surface area (Å²) in [4.78, 5) is 4.78. The molecule has 1 aliphatic rings. The number of hydrogen-bond donors (Lipinski definition) is 1. The quantitative estimate of drug-likeness (QED) is 0.380. The summed E-state index contributed by atoms with van der Waals surface area (Å²) in [6.07, 6.45) is 0.892. The molecule has 0 unspecified atom stereocenters. The van der Waals surface area contributed by atoms with Crippen LogP contribution < -0.4 is 24.4 Å². The van der Waals surface area contributed by atoms with E-state index in [4.69, 9.17) is 42.8 Å². The molecule has 1 fully saturated rings. The summed E-state index contributed by atoms with van der Waals surface area (Å²) in [6.45, 7) is 5.43. The Balaban J connectivity index is 0.00000385. The van der Waals surface area contributed by atoms with E-state index < -0.39 is 0 Å². The Kier molecular flexibility index (Phi) is 11.1. The highest BCUT2D eigenvalue weighted by Gasteiger charge is 2.18. The molecule has 0 bridgehead atoms. The summed E-state index contributed by atoms with van der Waals surface area (Å²) in [5.41, 5.74) is 1.82. The van der Waals surface area contributed by atoms with Gasteiger partial charge in [-0.1, -0.05) is 23.7 Å². The SMILES string of the molecule is COc1cc(NC(=S)OCCCN2CCN(c3ccccc3Cl)CC2)cc(OC)c1OC.Cl. The van der Waals surface area contributed by atoms with Crippen LogP contribution in [0.15, 0.2) is 36.4 Å². The first-order chi connectivity index (χ1) is 15.5. The summed E-state index contributed by atoms with van der Waals surface area (Å²) < 4.78 is 21.8. The summed E-state index contributed by atoms with van der Waals surface area (Å²) in [5.74, 6) is 1.63. The monoisotopic (exact) mass is 515 g/mol. The summed E-state index contributed by atoms with van der Waals surface area (Å²) in [7, 11) is 4.71. The molecule has 182 valence electrons. The Morgan fingerprint density at radius 1 is 1.00 bits per heavy atom. The van der Waals surface area contributed by atoms with E-state index in [0.717, 1.165) is 49.9 Å². The van der Waals surface area contributed by atoms with Crippen LogP contribution in [0.4, 0.5) is 11.4 Å². The van der Waals surface area contributed by atoms with Crippen molar-refractivity contribution in [3.05, 3.63) is 41.4 Å². The number of halogens is 2. The van der Waals surface area contributed by atoms with Crippen LogP contribution in [0, 0.1) is 0 Å². The van der Waals surface area contributed by atoms with Gasteiger partial charge in [0, 0.05) is 50.5 Å². The van der Waals surface area contributed by atoms with Crippen molar-refractivity contribution in [1.82, 2.24) is 4.90 Å². The number of rotatable bonds is 9. The first kappa shape index (κ1) is 27.1. The minimum absolute atomic E-state index is 0. The Bertz CT molecular complexity index is 886. The lowest BCUT2D eigenvalue weighted by Gasteiger charge is -2.36. The molecule has 2 aromatic rings. The molecule has 0 radical (unpaired) electrons. The van der Waals surface area contributed by atoms with E-state index in [2.05, 4.69) is 21.2 Å². The Hall–Kier alpha value is -2.13. The number of nitrogens with zero attached hydrogens (tertiary/aromatic N) is 2. The summed E-state index contributed by atoms with van der Waals surface area (Å²) in [6, 6.07) is 11.6. The van der Waals surface area contributed by atoms with Gasteiger partial charge in [-0.3, -0.25) is 4.90 Å². The van der Waals surface area contributed by atoms with Crippen molar-refractivity contribution in [2.75, 3.05) is 70.9 Å². The third-order valence-corrected chi connectivity index (χ3v) is 5.87. The minimum atomic E-state index is 0. The molecule has 33 heavy (non-hydrogen) atoms. The van der Waals surface area contributed by atoms with Crippen LogP contribution in [0.2, 0.25) is 5.02 Å². The fourth-order valence-electron chi connectivity index (χ4n) is 3.68. The van der Waals surface area contributed by atoms with Gasteiger partial charge in [-0.05, 0) is 30.8 Å². The molecule has 0 aliphatic carbocycles. The zero-order valence-corrected chi connectivity index (χ0v) is 21.5. The first-order valence-corrected chi connectivity index (χ1v) is 11.3. The molecular formula is C23H31Cl2N3O4S. The molecule has 0 aromatic heterocycles. The van der Waals surface area contributed by atoms with E-state index in [9.17, 15) is 0 Å². The molecule has 3 rings (SSSR count). The van der Waals surface area contributed by atoms with Gasteiger partial charge in [0.15, 0.2) is 11.5 Å². The number of nitrogens with one attached hydrogen (secondary N) is 1. The summed E-state index contributed by atoms with van der Waals surface area (Å²) >= 11 is 11.7. The van der Waals surface area contributed by atoms with Gasteiger partial charge >= 0.3 is 0 Å². The van der Waals surface area contributed by atoms with Gasteiger partial charge in [-0.15, -0.1) is 12.4 Å². The average Bonchev–Trinajstić information content (AvgIpc) is 2.82. The van der Waals surface area contributed by atoms with Gasteiger partial charge in [0.25, 0.3) is 5.17 Å². The van der Waals surface area contributed by atoms with Crippen LogP contribution in [0.1, 0.15) is 6.42 Å². The zero-order valence-electron chi connectivity index (χ0n) is 19.1. The van der Waals surface area contributed by atoms with Crippen molar-refractivity contribution < 1.29 is 18.9 Å². The van der Waals surface area contributed by atoms with Gasteiger partial charge in [-0.2, -0.15) is 0 Å². The number of benzene rings is 2. The molecule has 2 aromatic carbocycles. The molecule has 1 aliphatic heterocycles. The van der Waals surface area contributed by atoms with Gasteiger partial charge < -0.3 is 29.2 Å². The molecule has 0 amide bonds. The maximum Gasteiger partial charge on any atom is 0.261 e. The minimum Gasteiger partial charge on any atom is -0.493 e. The Morgan fingerprint density at radius 2 is 1.64 bits per heavy atom. The topological polar surface area (TPSA) is 55.4 Å².